The van der Waals surface area contributed by atoms with Crippen molar-refractivity contribution in [1.29, 1.82) is 0 Å². The number of para-hydroxylation sites is 4. The highest BCUT2D eigenvalue weighted by molar-refractivity contribution is 6.10. The molecule has 3 heterocycles. The van der Waals surface area contributed by atoms with Crippen LogP contribution in [0.2, 0.25) is 0 Å². The third kappa shape index (κ3) is 4.60. The van der Waals surface area contributed by atoms with Crippen molar-refractivity contribution in [3.8, 4) is 51.0 Å². The van der Waals surface area contributed by atoms with Gasteiger partial charge in [-0.25, -0.2) is 15.0 Å². The molecule has 0 amide bonds. The van der Waals surface area contributed by atoms with Gasteiger partial charge in [0.25, 0.3) is 0 Å². The third-order valence-electron chi connectivity index (χ3n) is 9.47. The minimum Gasteiger partial charge on any atom is -0.455 e. The van der Waals surface area contributed by atoms with Gasteiger partial charge in [-0.2, -0.15) is 0 Å². The van der Waals surface area contributed by atoms with Gasteiger partial charge in [-0.15, -0.1) is 0 Å². The average Bonchev–Trinajstić information content (AvgIpc) is 3.74. The molecule has 234 valence electrons. The Labute approximate surface area is 287 Å². The first-order chi connectivity index (χ1) is 24.8. The van der Waals surface area contributed by atoms with Gasteiger partial charge in [-0.05, 0) is 35.9 Å². The Balaban J connectivity index is 1.10. The Hall–Kier alpha value is -6.85. The Morgan fingerprint density at radius 2 is 0.900 bits per heavy atom. The molecular weight excluding hydrogens is 613 g/mol. The number of aromatic nitrogens is 4. The van der Waals surface area contributed by atoms with E-state index in [1.807, 2.05) is 48.5 Å². The lowest BCUT2D eigenvalue weighted by molar-refractivity contribution is 0.670. The Bertz CT molecular complexity index is 2810. The SMILES string of the molecule is c1ccc(-c2nc(-c3ccc(-c4cccc5c4oc4ccccc45)cc3)nc(-c3cccc(-n4c5ccccc5c5ccccc54)c3)n2)cc1. The van der Waals surface area contributed by atoms with Crippen LogP contribution in [0.4, 0.5) is 0 Å². The van der Waals surface area contributed by atoms with Gasteiger partial charge in [-0.1, -0.05) is 140 Å². The summed E-state index contributed by atoms with van der Waals surface area (Å²) in [4.78, 5) is 15.1. The quantitative estimate of drug-likeness (QED) is 0.188. The molecule has 0 aliphatic carbocycles. The van der Waals surface area contributed by atoms with Gasteiger partial charge < -0.3 is 8.98 Å². The van der Waals surface area contributed by atoms with Gasteiger partial charge >= 0.3 is 0 Å². The molecule has 3 aromatic heterocycles. The van der Waals surface area contributed by atoms with E-state index in [0.29, 0.717) is 17.5 Å². The lowest BCUT2D eigenvalue weighted by atomic mass is 10.0. The zero-order chi connectivity index (χ0) is 33.0. The molecule has 0 fully saturated rings. The molecule has 0 saturated carbocycles. The fraction of sp³-hybridized carbons (Fsp3) is 0. The molecule has 0 N–H and O–H groups in total. The highest BCUT2D eigenvalue weighted by Crippen LogP contribution is 2.37. The van der Waals surface area contributed by atoms with Crippen LogP contribution in [0, 0.1) is 0 Å². The maximum absolute atomic E-state index is 6.33. The normalized spacial score (nSPS) is 11.6. The number of furan rings is 1. The van der Waals surface area contributed by atoms with Crippen LogP contribution in [0.25, 0.3) is 94.7 Å². The zero-order valence-electron chi connectivity index (χ0n) is 26.9. The maximum atomic E-state index is 6.33. The van der Waals surface area contributed by atoms with Crippen molar-refractivity contribution < 1.29 is 4.42 Å². The first-order valence-corrected chi connectivity index (χ1v) is 16.7. The monoisotopic (exact) mass is 640 g/mol. The smallest absolute Gasteiger partial charge is 0.164 e. The molecule has 0 unspecified atom stereocenters. The van der Waals surface area contributed by atoms with Crippen molar-refractivity contribution in [2.45, 2.75) is 0 Å². The van der Waals surface area contributed by atoms with Crippen molar-refractivity contribution in [3.63, 3.8) is 0 Å². The van der Waals surface area contributed by atoms with Crippen LogP contribution in [-0.4, -0.2) is 19.5 Å². The van der Waals surface area contributed by atoms with E-state index in [-0.39, 0.29) is 0 Å². The van der Waals surface area contributed by atoms with Gasteiger partial charge in [0.15, 0.2) is 17.5 Å². The van der Waals surface area contributed by atoms with Crippen LogP contribution < -0.4 is 0 Å². The molecule has 5 heteroatoms. The Kier molecular flexibility index (Phi) is 6.42. The van der Waals surface area contributed by atoms with Crippen molar-refractivity contribution in [1.82, 2.24) is 19.5 Å². The summed E-state index contributed by atoms with van der Waals surface area (Å²) < 4.78 is 8.65. The molecule has 0 saturated heterocycles. The largest absolute Gasteiger partial charge is 0.455 e. The average molecular weight is 641 g/mol. The molecule has 0 aliphatic heterocycles. The summed E-state index contributed by atoms with van der Waals surface area (Å²) in [5.41, 5.74) is 10.0. The van der Waals surface area contributed by atoms with E-state index in [9.17, 15) is 0 Å². The summed E-state index contributed by atoms with van der Waals surface area (Å²) in [5, 5.41) is 4.68. The first-order valence-electron chi connectivity index (χ1n) is 16.7. The maximum Gasteiger partial charge on any atom is 0.164 e. The number of hydrogen-bond acceptors (Lipinski definition) is 4. The van der Waals surface area contributed by atoms with Crippen LogP contribution in [0.15, 0.2) is 174 Å². The van der Waals surface area contributed by atoms with Crippen LogP contribution in [0.5, 0.6) is 0 Å². The second-order valence-electron chi connectivity index (χ2n) is 12.5. The van der Waals surface area contributed by atoms with Crippen molar-refractivity contribution in [2.24, 2.45) is 0 Å². The zero-order valence-corrected chi connectivity index (χ0v) is 26.9. The second-order valence-corrected chi connectivity index (χ2v) is 12.5. The van der Waals surface area contributed by atoms with Crippen molar-refractivity contribution in [3.05, 3.63) is 170 Å². The Morgan fingerprint density at radius 3 is 1.62 bits per heavy atom. The summed E-state index contributed by atoms with van der Waals surface area (Å²) in [7, 11) is 0. The van der Waals surface area contributed by atoms with Crippen LogP contribution in [0.3, 0.4) is 0 Å². The predicted octanol–water partition coefficient (Wildman–Crippen LogP) is 11.5. The fourth-order valence-corrected chi connectivity index (χ4v) is 7.11. The van der Waals surface area contributed by atoms with Crippen LogP contribution in [-0.2, 0) is 0 Å². The van der Waals surface area contributed by atoms with Crippen molar-refractivity contribution in [2.75, 3.05) is 0 Å². The summed E-state index contributed by atoms with van der Waals surface area (Å²) in [6.45, 7) is 0. The predicted molar refractivity (Wildman–Crippen MR) is 203 cm³/mol. The highest BCUT2D eigenvalue weighted by Gasteiger charge is 2.17. The lowest BCUT2D eigenvalue weighted by Crippen LogP contribution is -2.01. The molecule has 0 spiro atoms. The van der Waals surface area contributed by atoms with Crippen LogP contribution in [0.1, 0.15) is 0 Å². The number of benzene rings is 7. The first kappa shape index (κ1) is 28.2. The molecule has 5 nitrogen and oxygen atoms in total. The molecular formula is C45H28N4O. The standard InChI is InChI=1S/C45H28N4O/c1-2-12-30(13-3-1)43-46-44(31-26-24-29(25-27-31)34-19-11-20-38-37-18-6-9-23-41(37)50-42(34)38)48-45(47-43)32-14-10-15-33(28-32)49-39-21-7-4-16-35(39)36-17-5-8-22-40(36)49/h1-28H. The molecule has 10 aromatic rings. The second kappa shape index (κ2) is 11.4. The topological polar surface area (TPSA) is 56.7 Å². The molecule has 0 radical (unpaired) electrons. The van der Waals surface area contributed by atoms with Crippen LogP contribution >= 0.6 is 0 Å². The van der Waals surface area contributed by atoms with Gasteiger partial charge in [-0.3, -0.25) is 0 Å². The summed E-state index contributed by atoms with van der Waals surface area (Å²) in [6, 6.07) is 58.5. The van der Waals surface area contributed by atoms with E-state index >= 15 is 0 Å². The summed E-state index contributed by atoms with van der Waals surface area (Å²) >= 11 is 0. The minimum atomic E-state index is 0.615. The molecule has 0 atom stereocenters. The van der Waals surface area contributed by atoms with E-state index in [1.165, 1.54) is 10.8 Å². The van der Waals surface area contributed by atoms with Gasteiger partial charge in [0.2, 0.25) is 0 Å². The van der Waals surface area contributed by atoms with E-state index in [1.54, 1.807) is 0 Å². The van der Waals surface area contributed by atoms with E-state index < -0.39 is 0 Å². The Morgan fingerprint density at radius 1 is 0.380 bits per heavy atom. The molecule has 10 rings (SSSR count). The van der Waals surface area contributed by atoms with E-state index in [4.69, 9.17) is 19.4 Å². The van der Waals surface area contributed by atoms with E-state index in [2.05, 4.69) is 126 Å². The molecule has 0 aliphatic rings. The lowest BCUT2D eigenvalue weighted by Gasteiger charge is -2.12. The van der Waals surface area contributed by atoms with Gasteiger partial charge in [0, 0.05) is 49.5 Å². The van der Waals surface area contributed by atoms with Gasteiger partial charge in [0.05, 0.1) is 11.0 Å². The number of fused-ring (bicyclic) bond motifs is 6. The van der Waals surface area contributed by atoms with Crippen molar-refractivity contribution >= 4 is 43.7 Å². The number of rotatable bonds is 5. The molecule has 7 aromatic carbocycles. The molecule has 0 bridgehead atoms. The minimum absolute atomic E-state index is 0.615. The summed E-state index contributed by atoms with van der Waals surface area (Å²) in [6.07, 6.45) is 0. The van der Waals surface area contributed by atoms with Gasteiger partial charge in [0.1, 0.15) is 11.2 Å². The fourth-order valence-electron chi connectivity index (χ4n) is 7.11. The van der Waals surface area contributed by atoms with E-state index in [0.717, 1.165) is 66.5 Å². The number of hydrogen-bond donors (Lipinski definition) is 0. The highest BCUT2D eigenvalue weighted by atomic mass is 16.3. The number of nitrogens with zero attached hydrogens (tertiary/aromatic N) is 4. The summed E-state index contributed by atoms with van der Waals surface area (Å²) in [5.74, 6) is 1.86. The third-order valence-corrected chi connectivity index (χ3v) is 9.47. The molecule has 50 heavy (non-hydrogen) atoms.